The number of hydrogen-bond donors (Lipinski definition) is 0. The largest absolute Gasteiger partial charge is 0.417 e. The summed E-state index contributed by atoms with van der Waals surface area (Å²) in [4.78, 5) is 5.46. The molecule has 0 spiro atoms. The molecule has 0 N–H and O–H groups in total. The summed E-state index contributed by atoms with van der Waals surface area (Å²) in [5, 5.41) is -0.108. The van der Waals surface area contributed by atoms with Crippen LogP contribution in [0.25, 0.3) is 0 Å². The molecule has 6 nitrogen and oxygen atoms in total. The number of hydrogen-bond acceptors (Lipinski definition) is 4. The predicted molar refractivity (Wildman–Crippen MR) is 80.6 cm³/mol. The molecule has 1 aliphatic heterocycles. The number of pyridine rings is 1. The Kier molecular flexibility index (Phi) is 5.09. The van der Waals surface area contributed by atoms with Gasteiger partial charge in [0, 0.05) is 46.5 Å². The highest BCUT2D eigenvalue weighted by molar-refractivity contribution is 7.86. The van der Waals surface area contributed by atoms with Crippen LogP contribution in [0.2, 0.25) is 5.02 Å². The Morgan fingerprint density at radius 3 is 2.22 bits per heavy atom. The van der Waals surface area contributed by atoms with Crippen LogP contribution < -0.4 is 4.90 Å². The second kappa shape index (κ2) is 6.42. The van der Waals surface area contributed by atoms with Gasteiger partial charge in [0.05, 0.1) is 10.6 Å². The molecule has 11 heteroatoms. The van der Waals surface area contributed by atoms with Crippen LogP contribution in [0.15, 0.2) is 12.3 Å². The van der Waals surface area contributed by atoms with E-state index in [4.69, 9.17) is 11.6 Å². The number of alkyl halides is 3. The zero-order chi connectivity index (χ0) is 17.4. The predicted octanol–water partition coefficient (Wildman–Crippen LogP) is 1.68. The van der Waals surface area contributed by atoms with Crippen molar-refractivity contribution in [2.45, 2.75) is 6.18 Å². The molecule has 23 heavy (non-hydrogen) atoms. The van der Waals surface area contributed by atoms with Crippen molar-refractivity contribution >= 4 is 27.6 Å². The average molecular weight is 373 g/mol. The van der Waals surface area contributed by atoms with Gasteiger partial charge in [0.1, 0.15) is 5.82 Å². The summed E-state index contributed by atoms with van der Waals surface area (Å²) < 4.78 is 64.3. The minimum atomic E-state index is -4.51. The van der Waals surface area contributed by atoms with Gasteiger partial charge in [-0.3, -0.25) is 0 Å². The van der Waals surface area contributed by atoms with Gasteiger partial charge in [-0.25, -0.2) is 4.98 Å². The van der Waals surface area contributed by atoms with Crippen LogP contribution in [0.3, 0.4) is 0 Å². The van der Waals surface area contributed by atoms with Gasteiger partial charge in [0.15, 0.2) is 0 Å². The molecule has 1 aromatic heterocycles. The first kappa shape index (κ1) is 18.2. The third kappa shape index (κ3) is 3.87. The normalized spacial score (nSPS) is 17.8. The zero-order valence-corrected chi connectivity index (χ0v) is 14.1. The van der Waals surface area contributed by atoms with Gasteiger partial charge >= 0.3 is 6.18 Å². The minimum Gasteiger partial charge on any atom is -0.353 e. The van der Waals surface area contributed by atoms with Crippen molar-refractivity contribution in [2.24, 2.45) is 0 Å². The van der Waals surface area contributed by atoms with E-state index in [0.29, 0.717) is 13.1 Å². The number of nitrogens with zero attached hydrogens (tertiary/aromatic N) is 4. The zero-order valence-electron chi connectivity index (χ0n) is 12.5. The number of anilines is 1. The van der Waals surface area contributed by atoms with Crippen LogP contribution in [-0.4, -0.2) is 62.3 Å². The maximum Gasteiger partial charge on any atom is 0.417 e. The van der Waals surface area contributed by atoms with E-state index in [1.54, 1.807) is 4.90 Å². The van der Waals surface area contributed by atoms with E-state index in [0.717, 1.165) is 16.6 Å². The van der Waals surface area contributed by atoms with Crippen molar-refractivity contribution in [1.82, 2.24) is 13.6 Å². The smallest absolute Gasteiger partial charge is 0.353 e. The van der Waals surface area contributed by atoms with Crippen molar-refractivity contribution in [1.29, 1.82) is 0 Å². The summed E-state index contributed by atoms with van der Waals surface area (Å²) in [5.74, 6) is 0.224. The van der Waals surface area contributed by atoms with E-state index in [1.807, 2.05) is 0 Å². The second-order valence-electron chi connectivity index (χ2n) is 5.20. The summed E-state index contributed by atoms with van der Waals surface area (Å²) in [6.45, 7) is 1.01. The summed E-state index contributed by atoms with van der Waals surface area (Å²) in [6.07, 6.45) is -3.78. The highest BCUT2D eigenvalue weighted by Crippen LogP contribution is 2.33. The third-order valence-corrected chi connectivity index (χ3v) is 5.69. The van der Waals surface area contributed by atoms with Gasteiger partial charge in [-0.15, -0.1) is 0 Å². The van der Waals surface area contributed by atoms with Crippen LogP contribution in [0, 0.1) is 0 Å². The first-order chi connectivity index (χ1) is 10.5. The first-order valence-electron chi connectivity index (χ1n) is 6.69. The lowest BCUT2D eigenvalue weighted by molar-refractivity contribution is -0.137. The fourth-order valence-corrected chi connectivity index (χ4v) is 3.55. The molecule has 130 valence electrons. The standard InChI is InChI=1S/C12H16ClF3N4O2S/c1-18(2)23(21,22)20-5-3-19(4-6-20)11-10(13)7-9(8-17-11)12(14,15)16/h7-8H,3-6H2,1-2H3. The Labute approximate surface area is 137 Å². The maximum absolute atomic E-state index is 12.6. The molecule has 0 aliphatic carbocycles. The van der Waals surface area contributed by atoms with Crippen LogP contribution >= 0.6 is 11.6 Å². The lowest BCUT2D eigenvalue weighted by Crippen LogP contribution is -2.52. The van der Waals surface area contributed by atoms with Gasteiger partial charge in [-0.05, 0) is 6.07 Å². The van der Waals surface area contributed by atoms with Crippen LogP contribution in [0.5, 0.6) is 0 Å². The molecule has 1 aliphatic rings. The quantitative estimate of drug-likeness (QED) is 0.810. The van der Waals surface area contributed by atoms with Crippen molar-refractivity contribution in [2.75, 3.05) is 45.2 Å². The van der Waals surface area contributed by atoms with Crippen molar-refractivity contribution in [3.63, 3.8) is 0 Å². The SMILES string of the molecule is CN(C)S(=O)(=O)N1CCN(c2ncc(C(F)(F)F)cc2Cl)CC1. The Morgan fingerprint density at radius 1 is 1.22 bits per heavy atom. The van der Waals surface area contributed by atoms with E-state index in [-0.39, 0.29) is 23.9 Å². The Balaban J connectivity index is 2.12. The van der Waals surface area contributed by atoms with E-state index in [9.17, 15) is 21.6 Å². The summed E-state index contributed by atoms with van der Waals surface area (Å²) in [5.41, 5.74) is -0.917. The fraction of sp³-hybridized carbons (Fsp3) is 0.583. The summed E-state index contributed by atoms with van der Waals surface area (Å²) >= 11 is 5.90. The molecule has 1 saturated heterocycles. The molecule has 1 fully saturated rings. The third-order valence-electron chi connectivity index (χ3n) is 3.47. The van der Waals surface area contributed by atoms with Crippen molar-refractivity contribution in [3.8, 4) is 0 Å². The number of rotatable bonds is 3. The average Bonchev–Trinajstić information content (AvgIpc) is 2.46. The van der Waals surface area contributed by atoms with E-state index in [1.165, 1.54) is 18.4 Å². The molecule has 0 radical (unpaired) electrons. The lowest BCUT2D eigenvalue weighted by atomic mass is 10.2. The second-order valence-corrected chi connectivity index (χ2v) is 7.75. The molecule has 0 aromatic carbocycles. The molecule has 0 bridgehead atoms. The molecule has 0 unspecified atom stereocenters. The molecular weight excluding hydrogens is 357 g/mol. The molecule has 2 rings (SSSR count). The Bertz CT molecular complexity index is 673. The van der Waals surface area contributed by atoms with Crippen LogP contribution in [0.4, 0.5) is 19.0 Å². The van der Waals surface area contributed by atoms with Gasteiger partial charge in [0.2, 0.25) is 0 Å². The molecule has 0 amide bonds. The topological polar surface area (TPSA) is 56.8 Å². The number of aromatic nitrogens is 1. The molecular formula is C12H16ClF3N4O2S. The first-order valence-corrected chi connectivity index (χ1v) is 8.46. The molecule has 0 saturated carbocycles. The van der Waals surface area contributed by atoms with Gasteiger partial charge in [0.25, 0.3) is 10.2 Å². The van der Waals surface area contributed by atoms with Gasteiger partial charge in [-0.2, -0.15) is 30.2 Å². The maximum atomic E-state index is 12.6. The van der Waals surface area contributed by atoms with Crippen molar-refractivity contribution < 1.29 is 21.6 Å². The molecule has 2 heterocycles. The number of piperazine rings is 1. The number of halogens is 4. The molecule has 1 aromatic rings. The Hall–Kier alpha value is -1.10. The Morgan fingerprint density at radius 2 is 1.78 bits per heavy atom. The van der Waals surface area contributed by atoms with Gasteiger partial charge < -0.3 is 4.90 Å². The fourth-order valence-electron chi connectivity index (χ4n) is 2.18. The van der Waals surface area contributed by atoms with E-state index in [2.05, 4.69) is 4.98 Å². The highest BCUT2D eigenvalue weighted by atomic mass is 35.5. The van der Waals surface area contributed by atoms with Gasteiger partial charge in [-0.1, -0.05) is 11.6 Å². The van der Waals surface area contributed by atoms with E-state index >= 15 is 0 Å². The van der Waals surface area contributed by atoms with Crippen LogP contribution in [0.1, 0.15) is 5.56 Å². The summed E-state index contributed by atoms with van der Waals surface area (Å²) in [7, 11) is -0.623. The van der Waals surface area contributed by atoms with Crippen LogP contribution in [-0.2, 0) is 16.4 Å². The summed E-state index contributed by atoms with van der Waals surface area (Å²) in [6, 6.07) is 0.826. The lowest BCUT2D eigenvalue weighted by Gasteiger charge is -2.36. The van der Waals surface area contributed by atoms with E-state index < -0.39 is 21.9 Å². The minimum absolute atomic E-state index is 0.108. The molecule has 0 atom stereocenters. The highest BCUT2D eigenvalue weighted by Gasteiger charge is 2.33. The van der Waals surface area contributed by atoms with Crippen molar-refractivity contribution in [3.05, 3.63) is 22.8 Å². The monoisotopic (exact) mass is 372 g/mol.